The minimum atomic E-state index is -0.170. The maximum atomic E-state index is 13.5. The van der Waals surface area contributed by atoms with E-state index < -0.39 is 0 Å². The molecule has 0 spiro atoms. The number of ether oxygens (including phenoxy) is 2. The number of piperazine rings is 1. The van der Waals surface area contributed by atoms with Crippen LogP contribution in [0.1, 0.15) is 27.2 Å². The van der Waals surface area contributed by atoms with Crippen LogP contribution < -0.4 is 9.47 Å². The van der Waals surface area contributed by atoms with Gasteiger partial charge in [-0.15, -0.1) is 0 Å². The zero-order valence-electron chi connectivity index (χ0n) is 20.8. The van der Waals surface area contributed by atoms with Gasteiger partial charge in [0, 0.05) is 30.4 Å². The van der Waals surface area contributed by atoms with Gasteiger partial charge in [0.2, 0.25) is 5.91 Å². The molecule has 1 fully saturated rings. The van der Waals surface area contributed by atoms with E-state index in [2.05, 4.69) is 23.2 Å². The van der Waals surface area contributed by atoms with Crippen molar-refractivity contribution < 1.29 is 19.1 Å². The van der Waals surface area contributed by atoms with Crippen LogP contribution in [0.15, 0.2) is 72.8 Å². The first-order chi connectivity index (χ1) is 18.1. The number of aromatic nitrogens is 1. The number of fused-ring (bicyclic) bond motifs is 2. The molecule has 0 aliphatic carbocycles. The summed E-state index contributed by atoms with van der Waals surface area (Å²) in [6.07, 6.45) is 1.57. The summed E-state index contributed by atoms with van der Waals surface area (Å²) >= 11 is 0. The van der Waals surface area contributed by atoms with Gasteiger partial charge in [-0.2, -0.15) is 0 Å². The van der Waals surface area contributed by atoms with E-state index in [1.165, 1.54) is 5.56 Å². The number of hydrogen-bond acceptors (Lipinski definition) is 4. The van der Waals surface area contributed by atoms with Gasteiger partial charge in [-0.25, -0.2) is 0 Å². The second-order valence-corrected chi connectivity index (χ2v) is 9.73. The molecule has 0 bridgehead atoms. The fraction of sp³-hybridized carbons (Fsp3) is 0.267. The summed E-state index contributed by atoms with van der Waals surface area (Å²) < 4.78 is 11.0. The number of hydrogen-bond donors (Lipinski definition) is 1. The number of carbonyl (C=O) groups is 2. The minimum absolute atomic E-state index is 0.0462. The standard InChI is InChI=1S/C30H29N3O4/c1-36-25-8-9-26-23(15-25)16-27(31-26)30(35)32-18-24(14-20-5-3-2-4-6-20)33(29(34)19-32)17-21-7-10-28-22(13-21)11-12-37-28/h2-10,13,15-16,24,31H,11-12,14,17-19H2,1H3/t24-/m0/s1. The molecule has 2 amide bonds. The summed E-state index contributed by atoms with van der Waals surface area (Å²) in [6, 6.07) is 23.7. The zero-order valence-corrected chi connectivity index (χ0v) is 20.8. The maximum absolute atomic E-state index is 13.5. The van der Waals surface area contributed by atoms with E-state index >= 15 is 0 Å². The van der Waals surface area contributed by atoms with E-state index in [1.54, 1.807) is 12.0 Å². The highest BCUT2D eigenvalue weighted by atomic mass is 16.5. The van der Waals surface area contributed by atoms with Crippen molar-refractivity contribution in [1.29, 1.82) is 0 Å². The molecular weight excluding hydrogens is 466 g/mol. The van der Waals surface area contributed by atoms with Gasteiger partial charge >= 0.3 is 0 Å². The largest absolute Gasteiger partial charge is 0.497 e. The molecule has 0 saturated carbocycles. The Labute approximate surface area is 215 Å². The Morgan fingerprint density at radius 2 is 1.92 bits per heavy atom. The van der Waals surface area contributed by atoms with Crippen LogP contribution in [-0.2, 0) is 24.2 Å². The highest BCUT2D eigenvalue weighted by Gasteiger charge is 2.35. The van der Waals surface area contributed by atoms with Crippen LogP contribution in [-0.4, -0.2) is 59.4 Å². The number of nitrogens with zero attached hydrogens (tertiary/aromatic N) is 2. The van der Waals surface area contributed by atoms with Crippen LogP contribution in [0.2, 0.25) is 0 Å². The minimum Gasteiger partial charge on any atom is -0.497 e. The Balaban J connectivity index is 1.26. The van der Waals surface area contributed by atoms with E-state index in [-0.39, 0.29) is 24.4 Å². The second-order valence-electron chi connectivity index (χ2n) is 9.73. The molecular formula is C30H29N3O4. The monoisotopic (exact) mass is 495 g/mol. The van der Waals surface area contributed by atoms with Gasteiger partial charge < -0.3 is 24.3 Å². The van der Waals surface area contributed by atoms with E-state index in [4.69, 9.17) is 9.47 Å². The van der Waals surface area contributed by atoms with Crippen molar-refractivity contribution >= 4 is 22.7 Å². The van der Waals surface area contributed by atoms with Crippen LogP contribution in [0.5, 0.6) is 11.5 Å². The van der Waals surface area contributed by atoms with Gasteiger partial charge in [-0.3, -0.25) is 9.59 Å². The molecule has 1 N–H and O–H groups in total. The Morgan fingerprint density at radius 3 is 2.76 bits per heavy atom. The predicted molar refractivity (Wildman–Crippen MR) is 141 cm³/mol. The van der Waals surface area contributed by atoms with Gasteiger partial charge in [-0.1, -0.05) is 42.5 Å². The van der Waals surface area contributed by atoms with Crippen molar-refractivity contribution in [2.45, 2.75) is 25.4 Å². The van der Waals surface area contributed by atoms with Gasteiger partial charge in [0.15, 0.2) is 0 Å². The Kier molecular flexibility index (Phi) is 6.04. The van der Waals surface area contributed by atoms with Crippen molar-refractivity contribution in [3.05, 3.63) is 95.2 Å². The first-order valence-electron chi connectivity index (χ1n) is 12.6. The second kappa shape index (κ2) is 9.65. The average molecular weight is 496 g/mol. The lowest BCUT2D eigenvalue weighted by molar-refractivity contribution is -0.139. The molecule has 3 heterocycles. The third-order valence-corrected chi connectivity index (χ3v) is 7.28. The quantitative estimate of drug-likeness (QED) is 0.435. The summed E-state index contributed by atoms with van der Waals surface area (Å²) in [4.78, 5) is 33.9. The number of H-pyrrole nitrogens is 1. The van der Waals surface area contributed by atoms with Crippen LogP contribution >= 0.6 is 0 Å². The first kappa shape index (κ1) is 23.2. The highest BCUT2D eigenvalue weighted by molar-refractivity contribution is 6.00. The van der Waals surface area contributed by atoms with Gasteiger partial charge in [0.1, 0.15) is 23.7 Å². The first-order valence-corrected chi connectivity index (χ1v) is 12.6. The number of carbonyl (C=O) groups excluding carboxylic acids is 2. The van der Waals surface area contributed by atoms with Crippen molar-refractivity contribution in [3.8, 4) is 11.5 Å². The molecule has 0 unspecified atom stereocenters. The number of benzene rings is 3. The summed E-state index contributed by atoms with van der Waals surface area (Å²) in [5, 5.41) is 0.897. The topological polar surface area (TPSA) is 74.9 Å². The fourth-order valence-electron chi connectivity index (χ4n) is 5.37. The number of nitrogens with one attached hydrogen (secondary N) is 1. The normalized spacial score (nSPS) is 17.1. The van der Waals surface area contributed by atoms with E-state index in [9.17, 15) is 9.59 Å². The number of aromatic amines is 1. The Hall–Kier alpha value is -4.26. The molecule has 6 rings (SSSR count). The third-order valence-electron chi connectivity index (χ3n) is 7.28. The SMILES string of the molecule is COc1ccc2[nH]c(C(=O)N3CC(=O)N(Cc4ccc5c(c4)CCO5)[C@@H](Cc4ccccc4)C3)cc2c1. The molecule has 3 aromatic carbocycles. The molecule has 7 heteroatoms. The van der Waals surface area contributed by atoms with Crippen molar-refractivity contribution in [3.63, 3.8) is 0 Å². The van der Waals surface area contributed by atoms with E-state index in [1.807, 2.05) is 59.5 Å². The molecule has 188 valence electrons. The Bertz CT molecular complexity index is 1460. The molecule has 37 heavy (non-hydrogen) atoms. The maximum Gasteiger partial charge on any atom is 0.270 e. The smallest absolute Gasteiger partial charge is 0.270 e. The summed E-state index contributed by atoms with van der Waals surface area (Å²) in [7, 11) is 1.62. The van der Waals surface area contributed by atoms with Crippen molar-refractivity contribution in [2.24, 2.45) is 0 Å². The van der Waals surface area contributed by atoms with Crippen LogP contribution in [0.3, 0.4) is 0 Å². The van der Waals surface area contributed by atoms with Crippen molar-refractivity contribution in [1.82, 2.24) is 14.8 Å². The predicted octanol–water partition coefficient (Wildman–Crippen LogP) is 4.21. The van der Waals surface area contributed by atoms with Crippen molar-refractivity contribution in [2.75, 3.05) is 26.8 Å². The third kappa shape index (κ3) is 4.65. The lowest BCUT2D eigenvalue weighted by Gasteiger charge is -2.41. The van der Waals surface area contributed by atoms with E-state index in [0.29, 0.717) is 31.8 Å². The summed E-state index contributed by atoms with van der Waals surface area (Å²) in [5.41, 5.74) is 4.74. The average Bonchev–Trinajstić information content (AvgIpc) is 3.56. The number of methoxy groups -OCH3 is 1. The van der Waals surface area contributed by atoms with Gasteiger partial charge in [-0.05, 0) is 53.4 Å². The molecule has 7 nitrogen and oxygen atoms in total. The lowest BCUT2D eigenvalue weighted by atomic mass is 10.00. The molecule has 1 atom stereocenters. The highest BCUT2D eigenvalue weighted by Crippen LogP contribution is 2.28. The van der Waals surface area contributed by atoms with Crippen LogP contribution in [0.4, 0.5) is 0 Å². The van der Waals surface area contributed by atoms with Crippen LogP contribution in [0.25, 0.3) is 10.9 Å². The summed E-state index contributed by atoms with van der Waals surface area (Å²) in [6.45, 7) is 1.73. The fourth-order valence-corrected chi connectivity index (χ4v) is 5.37. The Morgan fingerprint density at radius 1 is 1.05 bits per heavy atom. The van der Waals surface area contributed by atoms with Crippen LogP contribution in [0, 0.1) is 0 Å². The summed E-state index contributed by atoms with van der Waals surface area (Å²) in [5.74, 6) is 1.45. The lowest BCUT2D eigenvalue weighted by Crippen LogP contribution is -2.58. The molecule has 2 aliphatic heterocycles. The molecule has 0 radical (unpaired) electrons. The van der Waals surface area contributed by atoms with Gasteiger partial charge in [0.05, 0.1) is 19.8 Å². The number of amides is 2. The molecule has 1 saturated heterocycles. The zero-order chi connectivity index (χ0) is 25.4. The molecule has 1 aromatic heterocycles. The van der Waals surface area contributed by atoms with Gasteiger partial charge in [0.25, 0.3) is 5.91 Å². The molecule has 4 aromatic rings. The number of rotatable bonds is 6. The molecule has 2 aliphatic rings. The van der Waals surface area contributed by atoms with E-state index in [0.717, 1.165) is 39.9 Å².